The van der Waals surface area contributed by atoms with Crippen molar-refractivity contribution in [3.63, 3.8) is 0 Å². The van der Waals surface area contributed by atoms with Crippen molar-refractivity contribution in [3.05, 3.63) is 22.4 Å². The highest BCUT2D eigenvalue weighted by atomic mass is 32.1. The van der Waals surface area contributed by atoms with Gasteiger partial charge in [-0.15, -0.1) is 11.3 Å². The molecule has 1 aliphatic rings. The first-order valence-electron chi connectivity index (χ1n) is 6.10. The molecule has 0 aliphatic heterocycles. The summed E-state index contributed by atoms with van der Waals surface area (Å²) < 4.78 is 0. The molecule has 0 saturated heterocycles. The van der Waals surface area contributed by atoms with Gasteiger partial charge in [0.25, 0.3) is 0 Å². The number of nitrogens with one attached hydrogen (secondary N) is 1. The minimum absolute atomic E-state index is 0.530. The molecule has 1 aliphatic carbocycles. The number of thiophene rings is 1. The second-order valence-corrected chi connectivity index (χ2v) is 5.59. The van der Waals surface area contributed by atoms with Gasteiger partial charge in [0.1, 0.15) is 0 Å². The van der Waals surface area contributed by atoms with Crippen LogP contribution in [0, 0.1) is 5.92 Å². The molecule has 3 atom stereocenters. The fraction of sp³-hybridized carbons (Fsp3) is 0.692. The van der Waals surface area contributed by atoms with E-state index in [4.69, 9.17) is 0 Å². The van der Waals surface area contributed by atoms with E-state index >= 15 is 0 Å². The lowest BCUT2D eigenvalue weighted by molar-refractivity contribution is 0.362. The molecule has 2 unspecified atom stereocenters. The second kappa shape index (κ2) is 5.13. The SMILES string of the molecule is CCC1CCCC1N[C@H](C)c1cccs1. The second-order valence-electron chi connectivity index (χ2n) is 4.61. The summed E-state index contributed by atoms with van der Waals surface area (Å²) in [4.78, 5) is 1.47. The zero-order chi connectivity index (χ0) is 10.7. The first-order chi connectivity index (χ1) is 7.31. The monoisotopic (exact) mass is 223 g/mol. The van der Waals surface area contributed by atoms with E-state index in [-0.39, 0.29) is 0 Å². The van der Waals surface area contributed by atoms with Gasteiger partial charge in [0.15, 0.2) is 0 Å². The maximum atomic E-state index is 3.79. The van der Waals surface area contributed by atoms with Crippen molar-refractivity contribution in [2.45, 2.75) is 51.6 Å². The Morgan fingerprint density at radius 2 is 2.40 bits per heavy atom. The molecule has 2 rings (SSSR count). The molecular formula is C13H21NS. The largest absolute Gasteiger partial charge is 0.306 e. The molecule has 1 heterocycles. The predicted molar refractivity (Wildman–Crippen MR) is 67.3 cm³/mol. The van der Waals surface area contributed by atoms with E-state index < -0.39 is 0 Å². The highest BCUT2D eigenvalue weighted by molar-refractivity contribution is 7.10. The average Bonchev–Trinajstić information content (AvgIpc) is 2.87. The van der Waals surface area contributed by atoms with Crippen LogP contribution in [0.1, 0.15) is 50.4 Å². The molecule has 15 heavy (non-hydrogen) atoms. The minimum atomic E-state index is 0.530. The molecule has 1 aromatic heterocycles. The first-order valence-corrected chi connectivity index (χ1v) is 6.98. The molecule has 0 spiro atoms. The van der Waals surface area contributed by atoms with Crippen molar-refractivity contribution in [1.29, 1.82) is 0 Å². The lowest BCUT2D eigenvalue weighted by atomic mass is 10.00. The van der Waals surface area contributed by atoms with E-state index in [1.807, 2.05) is 11.3 Å². The van der Waals surface area contributed by atoms with Crippen LogP contribution in [-0.2, 0) is 0 Å². The molecule has 1 nitrogen and oxygen atoms in total. The average molecular weight is 223 g/mol. The molecule has 1 saturated carbocycles. The molecule has 84 valence electrons. The van der Waals surface area contributed by atoms with Gasteiger partial charge in [-0.3, -0.25) is 0 Å². The number of rotatable bonds is 4. The molecule has 1 aromatic rings. The van der Waals surface area contributed by atoms with Gasteiger partial charge < -0.3 is 5.32 Å². The van der Waals surface area contributed by atoms with Crippen LogP contribution in [0.5, 0.6) is 0 Å². The summed E-state index contributed by atoms with van der Waals surface area (Å²) in [5.74, 6) is 0.910. The summed E-state index contributed by atoms with van der Waals surface area (Å²) >= 11 is 1.86. The van der Waals surface area contributed by atoms with Gasteiger partial charge in [-0.1, -0.05) is 25.8 Å². The zero-order valence-electron chi connectivity index (χ0n) is 9.70. The van der Waals surface area contributed by atoms with Crippen molar-refractivity contribution in [3.8, 4) is 0 Å². The van der Waals surface area contributed by atoms with Crippen LogP contribution < -0.4 is 5.32 Å². The fourth-order valence-electron chi connectivity index (χ4n) is 2.69. The van der Waals surface area contributed by atoms with Crippen LogP contribution >= 0.6 is 11.3 Å². The van der Waals surface area contributed by atoms with Crippen LogP contribution in [0.3, 0.4) is 0 Å². The van der Waals surface area contributed by atoms with Gasteiger partial charge in [-0.05, 0) is 37.1 Å². The van der Waals surface area contributed by atoms with E-state index in [0.29, 0.717) is 6.04 Å². The summed E-state index contributed by atoms with van der Waals surface area (Å²) in [6.07, 6.45) is 5.53. The van der Waals surface area contributed by atoms with Crippen LogP contribution in [0.4, 0.5) is 0 Å². The van der Waals surface area contributed by atoms with Gasteiger partial charge in [0.05, 0.1) is 0 Å². The van der Waals surface area contributed by atoms with Crippen LogP contribution in [0.25, 0.3) is 0 Å². The highest BCUT2D eigenvalue weighted by Gasteiger charge is 2.26. The van der Waals surface area contributed by atoms with Crippen molar-refractivity contribution in [1.82, 2.24) is 5.32 Å². The third kappa shape index (κ3) is 2.61. The Kier molecular flexibility index (Phi) is 3.81. The highest BCUT2D eigenvalue weighted by Crippen LogP contribution is 2.30. The molecule has 0 aromatic carbocycles. The zero-order valence-corrected chi connectivity index (χ0v) is 10.5. The number of hydrogen-bond acceptors (Lipinski definition) is 2. The third-order valence-electron chi connectivity index (χ3n) is 3.62. The molecular weight excluding hydrogens is 202 g/mol. The molecule has 0 radical (unpaired) electrons. The van der Waals surface area contributed by atoms with Crippen molar-refractivity contribution in [2.24, 2.45) is 5.92 Å². The van der Waals surface area contributed by atoms with Crippen molar-refractivity contribution < 1.29 is 0 Å². The van der Waals surface area contributed by atoms with Gasteiger partial charge in [0, 0.05) is 17.0 Å². The maximum Gasteiger partial charge on any atom is 0.0388 e. The standard InChI is InChI=1S/C13H21NS/c1-3-11-6-4-7-12(11)14-10(2)13-8-5-9-15-13/h5,8-12,14H,3-4,6-7H2,1-2H3/t10-,11?,12?/m1/s1. The molecule has 0 bridgehead atoms. The normalized spacial score (nSPS) is 28.1. The fourth-order valence-corrected chi connectivity index (χ4v) is 3.43. The van der Waals surface area contributed by atoms with Crippen molar-refractivity contribution in [2.75, 3.05) is 0 Å². The first kappa shape index (κ1) is 11.2. The maximum absolute atomic E-state index is 3.79. The molecule has 1 fully saturated rings. The summed E-state index contributed by atoms with van der Waals surface area (Å²) in [5.41, 5.74) is 0. The van der Waals surface area contributed by atoms with E-state index in [2.05, 4.69) is 36.7 Å². The predicted octanol–water partition coefficient (Wildman–Crippen LogP) is 3.98. The van der Waals surface area contributed by atoms with Gasteiger partial charge >= 0.3 is 0 Å². The Morgan fingerprint density at radius 3 is 3.07 bits per heavy atom. The molecule has 0 amide bonds. The summed E-state index contributed by atoms with van der Waals surface area (Å²) in [5, 5.41) is 5.96. The van der Waals surface area contributed by atoms with E-state index in [0.717, 1.165) is 12.0 Å². The summed E-state index contributed by atoms with van der Waals surface area (Å²) in [7, 11) is 0. The van der Waals surface area contributed by atoms with Gasteiger partial charge in [0.2, 0.25) is 0 Å². The quantitative estimate of drug-likeness (QED) is 0.814. The Bertz CT molecular complexity index is 281. The Hall–Kier alpha value is -0.340. The smallest absolute Gasteiger partial charge is 0.0388 e. The Labute approximate surface area is 96.9 Å². The lowest BCUT2D eigenvalue weighted by Crippen LogP contribution is -2.33. The van der Waals surface area contributed by atoms with E-state index in [1.165, 1.54) is 30.6 Å². The third-order valence-corrected chi connectivity index (χ3v) is 4.67. The van der Waals surface area contributed by atoms with Crippen LogP contribution in [0.15, 0.2) is 17.5 Å². The van der Waals surface area contributed by atoms with Crippen LogP contribution in [0.2, 0.25) is 0 Å². The minimum Gasteiger partial charge on any atom is -0.306 e. The molecule has 1 N–H and O–H groups in total. The van der Waals surface area contributed by atoms with Crippen molar-refractivity contribution >= 4 is 11.3 Å². The van der Waals surface area contributed by atoms with E-state index in [9.17, 15) is 0 Å². The Morgan fingerprint density at radius 1 is 1.53 bits per heavy atom. The number of hydrogen-bond donors (Lipinski definition) is 1. The van der Waals surface area contributed by atoms with Gasteiger partial charge in [-0.25, -0.2) is 0 Å². The van der Waals surface area contributed by atoms with Gasteiger partial charge in [-0.2, -0.15) is 0 Å². The van der Waals surface area contributed by atoms with E-state index in [1.54, 1.807) is 0 Å². The topological polar surface area (TPSA) is 12.0 Å². The Balaban J connectivity index is 1.91. The van der Waals surface area contributed by atoms with Crippen LogP contribution in [-0.4, -0.2) is 6.04 Å². The summed E-state index contributed by atoms with van der Waals surface area (Å²) in [6.45, 7) is 4.61. The lowest BCUT2D eigenvalue weighted by Gasteiger charge is -2.23. The molecule has 2 heteroatoms. The summed E-state index contributed by atoms with van der Waals surface area (Å²) in [6, 6.07) is 5.66.